The Labute approximate surface area is 133 Å². The van der Waals surface area contributed by atoms with Gasteiger partial charge in [-0.15, -0.1) is 0 Å². The topological polar surface area (TPSA) is 29.5 Å². The molecule has 1 unspecified atom stereocenters. The Morgan fingerprint density at radius 3 is 2.27 bits per heavy atom. The molecule has 2 aliphatic rings. The fraction of sp³-hybridized carbons (Fsp3) is 0.632. The van der Waals surface area contributed by atoms with Gasteiger partial charge in [0.2, 0.25) is 5.91 Å². The van der Waals surface area contributed by atoms with Crippen LogP contribution in [0.15, 0.2) is 24.3 Å². The van der Waals surface area contributed by atoms with Crippen LogP contribution in [0.5, 0.6) is 5.75 Å². The Hall–Kier alpha value is -1.51. The van der Waals surface area contributed by atoms with Gasteiger partial charge in [-0.25, -0.2) is 0 Å². The highest BCUT2D eigenvalue weighted by Gasteiger charge is 2.34. The summed E-state index contributed by atoms with van der Waals surface area (Å²) in [5, 5.41) is 0. The molecule has 1 heterocycles. The zero-order valence-corrected chi connectivity index (χ0v) is 13.6. The molecule has 2 fully saturated rings. The lowest BCUT2D eigenvalue weighted by atomic mass is 9.83. The van der Waals surface area contributed by atoms with Crippen molar-refractivity contribution in [3.63, 3.8) is 0 Å². The summed E-state index contributed by atoms with van der Waals surface area (Å²) < 4.78 is 5.26. The molecule has 1 aliphatic heterocycles. The Morgan fingerprint density at radius 2 is 1.68 bits per heavy atom. The van der Waals surface area contributed by atoms with Gasteiger partial charge in [-0.3, -0.25) is 4.79 Å². The Balaban J connectivity index is 1.83. The molecule has 0 spiro atoms. The Bertz CT molecular complexity index is 485. The molecule has 3 nitrogen and oxygen atoms in total. The normalized spacial score (nSPS) is 20.9. The highest BCUT2D eigenvalue weighted by atomic mass is 16.5. The molecule has 3 heteroatoms. The standard InChI is InChI=1S/C19H27NO2/c1-22-17-11-9-16(10-12-17)18(15-7-3-4-8-15)19(21)20-13-5-2-6-14-20/h9-12,15,18H,2-8,13-14H2,1H3. The predicted octanol–water partition coefficient (Wildman–Crippen LogP) is 3.98. The second-order valence-electron chi connectivity index (χ2n) is 6.68. The molecule has 1 aromatic rings. The first kappa shape index (κ1) is 15.4. The van der Waals surface area contributed by atoms with E-state index in [-0.39, 0.29) is 5.92 Å². The van der Waals surface area contributed by atoms with E-state index in [1.165, 1.54) is 37.7 Å². The zero-order chi connectivity index (χ0) is 15.4. The maximum atomic E-state index is 13.1. The first-order valence-electron chi connectivity index (χ1n) is 8.72. The lowest BCUT2D eigenvalue weighted by molar-refractivity contribution is -0.135. The number of carbonyl (C=O) groups is 1. The minimum atomic E-state index is 0.0477. The Morgan fingerprint density at radius 1 is 1.05 bits per heavy atom. The number of hydrogen-bond donors (Lipinski definition) is 0. The lowest BCUT2D eigenvalue weighted by Crippen LogP contribution is -2.40. The molecule has 120 valence electrons. The largest absolute Gasteiger partial charge is 0.497 e. The average Bonchev–Trinajstić information content (AvgIpc) is 3.10. The van der Waals surface area contributed by atoms with E-state index in [4.69, 9.17) is 4.74 Å². The van der Waals surface area contributed by atoms with Gasteiger partial charge in [0.25, 0.3) is 0 Å². The van der Waals surface area contributed by atoms with Crippen molar-refractivity contribution < 1.29 is 9.53 Å². The first-order chi connectivity index (χ1) is 10.8. The van der Waals surface area contributed by atoms with Crippen molar-refractivity contribution in [3.8, 4) is 5.75 Å². The van der Waals surface area contributed by atoms with Crippen LogP contribution in [0.4, 0.5) is 0 Å². The molecular weight excluding hydrogens is 274 g/mol. The average molecular weight is 301 g/mol. The minimum Gasteiger partial charge on any atom is -0.497 e. The van der Waals surface area contributed by atoms with Crippen molar-refractivity contribution in [2.75, 3.05) is 20.2 Å². The number of piperidine rings is 1. The third-order valence-corrected chi connectivity index (χ3v) is 5.28. The fourth-order valence-electron chi connectivity index (χ4n) is 4.03. The lowest BCUT2D eigenvalue weighted by Gasteiger charge is -2.33. The van der Waals surface area contributed by atoms with Crippen LogP contribution in [0.2, 0.25) is 0 Å². The van der Waals surface area contributed by atoms with E-state index in [2.05, 4.69) is 17.0 Å². The second-order valence-corrected chi connectivity index (χ2v) is 6.68. The molecule has 1 saturated heterocycles. The predicted molar refractivity (Wildman–Crippen MR) is 88.1 cm³/mol. The van der Waals surface area contributed by atoms with Gasteiger partial charge < -0.3 is 9.64 Å². The van der Waals surface area contributed by atoms with E-state index in [0.29, 0.717) is 11.8 Å². The summed E-state index contributed by atoms with van der Waals surface area (Å²) in [6.45, 7) is 1.89. The number of ether oxygens (including phenoxy) is 1. The van der Waals surface area contributed by atoms with E-state index in [1.807, 2.05) is 12.1 Å². The molecule has 0 bridgehead atoms. The van der Waals surface area contributed by atoms with E-state index in [0.717, 1.165) is 31.7 Å². The summed E-state index contributed by atoms with van der Waals surface area (Å²) >= 11 is 0. The fourth-order valence-corrected chi connectivity index (χ4v) is 4.03. The van der Waals surface area contributed by atoms with Crippen LogP contribution in [0.25, 0.3) is 0 Å². The summed E-state index contributed by atoms with van der Waals surface area (Å²) in [6.07, 6.45) is 8.50. The second kappa shape index (κ2) is 7.17. The SMILES string of the molecule is COc1ccc(C(C(=O)N2CCCCC2)C2CCCC2)cc1. The third-order valence-electron chi connectivity index (χ3n) is 5.28. The molecule has 0 aromatic heterocycles. The summed E-state index contributed by atoms with van der Waals surface area (Å²) in [7, 11) is 1.68. The van der Waals surface area contributed by atoms with Crippen LogP contribution in [0, 0.1) is 5.92 Å². The third kappa shape index (κ3) is 3.29. The highest BCUT2D eigenvalue weighted by molar-refractivity contribution is 5.84. The van der Waals surface area contributed by atoms with E-state index < -0.39 is 0 Å². The van der Waals surface area contributed by atoms with Gasteiger partial charge in [0.1, 0.15) is 5.75 Å². The quantitative estimate of drug-likeness (QED) is 0.842. The molecule has 1 atom stereocenters. The number of likely N-dealkylation sites (tertiary alicyclic amines) is 1. The molecule has 0 N–H and O–H groups in total. The van der Waals surface area contributed by atoms with Crippen LogP contribution in [0.1, 0.15) is 56.4 Å². The van der Waals surface area contributed by atoms with Gasteiger partial charge >= 0.3 is 0 Å². The van der Waals surface area contributed by atoms with Crippen molar-refractivity contribution in [2.24, 2.45) is 5.92 Å². The summed E-state index contributed by atoms with van der Waals surface area (Å²) in [6, 6.07) is 8.15. The number of carbonyl (C=O) groups excluding carboxylic acids is 1. The maximum Gasteiger partial charge on any atom is 0.230 e. The van der Waals surface area contributed by atoms with E-state index in [9.17, 15) is 4.79 Å². The number of rotatable bonds is 4. The summed E-state index contributed by atoms with van der Waals surface area (Å²) in [5.74, 6) is 1.78. The molecule has 22 heavy (non-hydrogen) atoms. The molecule has 1 aromatic carbocycles. The van der Waals surface area contributed by atoms with Crippen molar-refractivity contribution in [1.29, 1.82) is 0 Å². The minimum absolute atomic E-state index is 0.0477. The maximum absolute atomic E-state index is 13.1. The molecule has 1 saturated carbocycles. The number of benzene rings is 1. The highest BCUT2D eigenvalue weighted by Crippen LogP contribution is 2.39. The Kier molecular flexibility index (Phi) is 5.01. The smallest absolute Gasteiger partial charge is 0.230 e. The van der Waals surface area contributed by atoms with Crippen LogP contribution >= 0.6 is 0 Å². The van der Waals surface area contributed by atoms with Crippen LogP contribution < -0.4 is 4.74 Å². The monoisotopic (exact) mass is 301 g/mol. The van der Waals surface area contributed by atoms with Gasteiger partial charge in [-0.05, 0) is 55.7 Å². The van der Waals surface area contributed by atoms with Crippen LogP contribution in [0.3, 0.4) is 0 Å². The molecule has 1 aliphatic carbocycles. The van der Waals surface area contributed by atoms with Gasteiger partial charge in [0.05, 0.1) is 13.0 Å². The molecule has 3 rings (SSSR count). The van der Waals surface area contributed by atoms with Gasteiger partial charge in [-0.2, -0.15) is 0 Å². The van der Waals surface area contributed by atoms with Crippen molar-refractivity contribution in [2.45, 2.75) is 50.9 Å². The number of hydrogen-bond acceptors (Lipinski definition) is 2. The van der Waals surface area contributed by atoms with Crippen LogP contribution in [-0.4, -0.2) is 31.0 Å². The van der Waals surface area contributed by atoms with Gasteiger partial charge in [-0.1, -0.05) is 25.0 Å². The number of amides is 1. The van der Waals surface area contributed by atoms with Crippen molar-refractivity contribution in [3.05, 3.63) is 29.8 Å². The molecule has 0 radical (unpaired) electrons. The molecule has 1 amide bonds. The summed E-state index contributed by atoms with van der Waals surface area (Å²) in [5.41, 5.74) is 1.17. The number of methoxy groups -OCH3 is 1. The number of nitrogens with zero attached hydrogens (tertiary/aromatic N) is 1. The first-order valence-corrected chi connectivity index (χ1v) is 8.72. The van der Waals surface area contributed by atoms with Gasteiger partial charge in [0, 0.05) is 13.1 Å². The van der Waals surface area contributed by atoms with Crippen molar-refractivity contribution in [1.82, 2.24) is 4.90 Å². The summed E-state index contributed by atoms with van der Waals surface area (Å²) in [4.78, 5) is 15.2. The molecular formula is C19H27NO2. The van der Waals surface area contributed by atoms with E-state index >= 15 is 0 Å². The zero-order valence-electron chi connectivity index (χ0n) is 13.6. The van der Waals surface area contributed by atoms with Gasteiger partial charge in [0.15, 0.2) is 0 Å². The van der Waals surface area contributed by atoms with Crippen LogP contribution in [-0.2, 0) is 4.79 Å². The van der Waals surface area contributed by atoms with Crippen molar-refractivity contribution >= 4 is 5.91 Å². The van der Waals surface area contributed by atoms with E-state index in [1.54, 1.807) is 7.11 Å².